The molecule has 1 amide bonds. The van der Waals surface area contributed by atoms with Gasteiger partial charge in [0.1, 0.15) is 17.5 Å². The molecule has 0 aromatic heterocycles. The molecule has 0 bridgehead atoms. The number of rotatable bonds is 6. The van der Waals surface area contributed by atoms with Crippen molar-refractivity contribution in [1.29, 1.82) is 0 Å². The molecule has 3 rings (SSSR count). The quantitative estimate of drug-likeness (QED) is 0.599. The number of ether oxygens (including phenoxy) is 3. The number of hydrazone groups is 1. The lowest BCUT2D eigenvalue weighted by Crippen LogP contribution is -2.57. The molecule has 6 heteroatoms. The van der Waals surface area contributed by atoms with E-state index < -0.39 is 6.10 Å². The third-order valence-electron chi connectivity index (χ3n) is 4.18. The van der Waals surface area contributed by atoms with E-state index in [9.17, 15) is 4.79 Å². The Morgan fingerprint density at radius 1 is 0.920 bits per heavy atom. The number of methoxy groups -OCH3 is 3. The summed E-state index contributed by atoms with van der Waals surface area (Å²) in [5.74, 6) is 1.37. The van der Waals surface area contributed by atoms with E-state index in [4.69, 9.17) is 14.2 Å². The van der Waals surface area contributed by atoms with Crippen LogP contribution in [-0.4, -0.2) is 44.6 Å². The van der Waals surface area contributed by atoms with Gasteiger partial charge >= 0.3 is 0 Å². The maximum atomic E-state index is 12.3. The van der Waals surface area contributed by atoms with Crippen molar-refractivity contribution in [3.05, 3.63) is 59.7 Å². The minimum absolute atomic E-state index is 0.159. The van der Waals surface area contributed by atoms with Crippen LogP contribution in [0.5, 0.6) is 11.5 Å². The highest BCUT2D eigenvalue weighted by Gasteiger charge is 2.49. The van der Waals surface area contributed by atoms with E-state index >= 15 is 0 Å². The van der Waals surface area contributed by atoms with Gasteiger partial charge in [-0.25, -0.2) is 5.01 Å². The van der Waals surface area contributed by atoms with Crippen molar-refractivity contribution in [3.8, 4) is 11.5 Å². The average Bonchev–Trinajstić information content (AvgIpc) is 2.67. The minimum atomic E-state index is -0.526. The highest BCUT2D eigenvalue weighted by atomic mass is 16.5. The molecule has 0 spiro atoms. The normalized spacial score (nSPS) is 19.8. The Hall–Kier alpha value is -2.86. The number of carbonyl (C=O) groups excluding carboxylic acids is 1. The van der Waals surface area contributed by atoms with Gasteiger partial charge in [-0.15, -0.1) is 0 Å². The Morgan fingerprint density at radius 2 is 1.48 bits per heavy atom. The first-order chi connectivity index (χ1) is 12.2. The third-order valence-corrected chi connectivity index (χ3v) is 4.18. The summed E-state index contributed by atoms with van der Waals surface area (Å²) in [6.07, 6.45) is 1.13. The van der Waals surface area contributed by atoms with Crippen molar-refractivity contribution in [1.82, 2.24) is 5.01 Å². The summed E-state index contributed by atoms with van der Waals surface area (Å²) in [6, 6.07) is 14.7. The van der Waals surface area contributed by atoms with Gasteiger partial charge in [-0.3, -0.25) is 4.79 Å². The van der Waals surface area contributed by atoms with Gasteiger partial charge < -0.3 is 14.2 Å². The van der Waals surface area contributed by atoms with Crippen LogP contribution in [0.15, 0.2) is 53.6 Å². The second kappa shape index (κ2) is 7.36. The maximum Gasteiger partial charge on any atom is 0.275 e. The van der Waals surface area contributed by atoms with Gasteiger partial charge in [0.25, 0.3) is 5.91 Å². The minimum Gasteiger partial charge on any atom is -0.497 e. The van der Waals surface area contributed by atoms with Crippen molar-refractivity contribution in [2.45, 2.75) is 12.1 Å². The van der Waals surface area contributed by atoms with Crippen LogP contribution in [0.25, 0.3) is 0 Å². The summed E-state index contributed by atoms with van der Waals surface area (Å²) in [7, 11) is 4.76. The van der Waals surface area contributed by atoms with E-state index in [1.54, 1.807) is 20.4 Å². The molecule has 25 heavy (non-hydrogen) atoms. The molecule has 0 aliphatic carbocycles. The Kier molecular flexibility index (Phi) is 5.00. The molecule has 2 aromatic carbocycles. The van der Waals surface area contributed by atoms with Crippen molar-refractivity contribution in [2.24, 2.45) is 5.10 Å². The van der Waals surface area contributed by atoms with Crippen LogP contribution in [0.2, 0.25) is 0 Å². The van der Waals surface area contributed by atoms with Crippen LogP contribution in [-0.2, 0) is 9.53 Å². The van der Waals surface area contributed by atoms with Gasteiger partial charge in [-0.2, -0.15) is 5.10 Å². The van der Waals surface area contributed by atoms with E-state index in [1.807, 2.05) is 48.5 Å². The predicted octanol–water partition coefficient (Wildman–Crippen LogP) is 2.64. The van der Waals surface area contributed by atoms with E-state index in [1.165, 1.54) is 12.1 Å². The number of hydrogen-bond acceptors (Lipinski definition) is 5. The first kappa shape index (κ1) is 17.0. The summed E-state index contributed by atoms with van der Waals surface area (Å²) in [6.45, 7) is 0. The average molecular weight is 340 g/mol. The molecule has 2 aromatic rings. The van der Waals surface area contributed by atoms with Crippen LogP contribution in [0.1, 0.15) is 17.2 Å². The lowest BCUT2D eigenvalue weighted by molar-refractivity contribution is -0.171. The molecule has 1 heterocycles. The Morgan fingerprint density at radius 3 is 2.00 bits per heavy atom. The molecule has 2 atom stereocenters. The monoisotopic (exact) mass is 340 g/mol. The second-order valence-corrected chi connectivity index (χ2v) is 5.57. The third kappa shape index (κ3) is 3.34. The fourth-order valence-corrected chi connectivity index (χ4v) is 2.74. The zero-order valence-corrected chi connectivity index (χ0v) is 14.4. The highest BCUT2D eigenvalue weighted by molar-refractivity contribution is 5.90. The first-order valence-electron chi connectivity index (χ1n) is 7.85. The number of nitrogens with zero attached hydrogens (tertiary/aromatic N) is 2. The Bertz CT molecular complexity index is 756. The number of carbonyl (C=O) groups is 1. The molecular formula is C19H20N2O4. The molecule has 0 saturated carbocycles. The van der Waals surface area contributed by atoms with Crippen LogP contribution in [0.3, 0.4) is 0 Å². The predicted molar refractivity (Wildman–Crippen MR) is 94.0 cm³/mol. The highest BCUT2D eigenvalue weighted by Crippen LogP contribution is 2.37. The van der Waals surface area contributed by atoms with Crippen molar-refractivity contribution >= 4 is 12.1 Å². The van der Waals surface area contributed by atoms with E-state index in [2.05, 4.69) is 5.10 Å². The van der Waals surface area contributed by atoms with Gasteiger partial charge in [0.2, 0.25) is 0 Å². The van der Waals surface area contributed by atoms with Crippen molar-refractivity contribution < 1.29 is 19.0 Å². The van der Waals surface area contributed by atoms with Crippen LogP contribution in [0, 0.1) is 0 Å². The molecular weight excluding hydrogens is 320 g/mol. The molecule has 0 N–H and O–H groups in total. The summed E-state index contributed by atoms with van der Waals surface area (Å²) < 4.78 is 15.6. The van der Waals surface area contributed by atoms with Gasteiger partial charge in [0, 0.05) is 7.11 Å². The SMILES string of the molecule is COc1ccc(/C=N\N2C(=O)[C@@H](OC)[C@@H]2c2ccc(OC)cc2)cc1. The molecule has 1 aliphatic heterocycles. The number of hydrogen-bond donors (Lipinski definition) is 0. The van der Waals surface area contributed by atoms with E-state index in [0.29, 0.717) is 0 Å². The molecule has 1 aliphatic rings. The summed E-state index contributed by atoms with van der Waals surface area (Å²) in [4.78, 5) is 12.3. The Balaban J connectivity index is 1.79. The summed E-state index contributed by atoms with van der Waals surface area (Å²) in [5.41, 5.74) is 1.82. The molecule has 1 fully saturated rings. The lowest BCUT2D eigenvalue weighted by atomic mass is 9.92. The van der Waals surface area contributed by atoms with Crippen LogP contribution < -0.4 is 9.47 Å². The maximum absolute atomic E-state index is 12.3. The van der Waals surface area contributed by atoms with Crippen LogP contribution in [0.4, 0.5) is 0 Å². The van der Waals surface area contributed by atoms with Gasteiger partial charge in [0.15, 0.2) is 6.10 Å². The molecule has 130 valence electrons. The summed E-state index contributed by atoms with van der Waals surface area (Å²) in [5, 5.41) is 5.79. The molecule has 6 nitrogen and oxygen atoms in total. The summed E-state index contributed by atoms with van der Waals surface area (Å²) >= 11 is 0. The molecule has 0 unspecified atom stereocenters. The molecule has 0 radical (unpaired) electrons. The topological polar surface area (TPSA) is 60.4 Å². The zero-order chi connectivity index (χ0) is 17.8. The van der Waals surface area contributed by atoms with Gasteiger partial charge in [-0.05, 0) is 47.5 Å². The van der Waals surface area contributed by atoms with Gasteiger partial charge in [0.05, 0.1) is 20.4 Å². The molecule has 1 saturated heterocycles. The fourth-order valence-electron chi connectivity index (χ4n) is 2.74. The lowest BCUT2D eigenvalue weighted by Gasteiger charge is -2.42. The van der Waals surface area contributed by atoms with Crippen molar-refractivity contribution in [2.75, 3.05) is 21.3 Å². The van der Waals surface area contributed by atoms with E-state index in [0.717, 1.165) is 22.6 Å². The zero-order valence-electron chi connectivity index (χ0n) is 14.4. The van der Waals surface area contributed by atoms with Crippen LogP contribution >= 0.6 is 0 Å². The standard InChI is InChI=1S/C19H20N2O4/c1-23-15-8-4-13(5-9-15)12-20-21-17(18(25-3)19(21)22)14-6-10-16(24-2)11-7-14/h4-12,17-18H,1-3H3/b20-12-/t17-,18-/m0/s1. The first-order valence-corrected chi connectivity index (χ1v) is 7.85. The van der Waals surface area contributed by atoms with E-state index in [-0.39, 0.29) is 11.9 Å². The number of amides is 1. The number of β-lactam (4-membered cyclic amide) rings is 1. The largest absolute Gasteiger partial charge is 0.497 e. The second-order valence-electron chi connectivity index (χ2n) is 5.57. The smallest absolute Gasteiger partial charge is 0.275 e. The fraction of sp³-hybridized carbons (Fsp3) is 0.263. The number of benzene rings is 2. The Labute approximate surface area is 146 Å². The van der Waals surface area contributed by atoms with Gasteiger partial charge in [-0.1, -0.05) is 12.1 Å². The van der Waals surface area contributed by atoms with Crippen molar-refractivity contribution in [3.63, 3.8) is 0 Å².